The van der Waals surface area contributed by atoms with Crippen molar-refractivity contribution in [3.05, 3.63) is 40.7 Å². The molecule has 1 aliphatic heterocycles. The van der Waals surface area contributed by atoms with Gasteiger partial charge in [-0.15, -0.1) is 0 Å². The van der Waals surface area contributed by atoms with E-state index < -0.39 is 5.72 Å². The Balaban J connectivity index is 2.56. The van der Waals surface area contributed by atoms with Gasteiger partial charge >= 0.3 is 0 Å². The normalized spacial score (nSPS) is 21.9. The van der Waals surface area contributed by atoms with Crippen LogP contribution in [0, 0.1) is 13.8 Å². The molecule has 0 bridgehead atoms. The number of hydrogen-bond donors (Lipinski definition) is 2. The standard InChI is InChI=1S/C15H21N3O2/c1-9-6-10(2)13(11(7-9)19-4)14-17-8-12(16)15(3,18-14)20-5/h6-8H,16H2,1-5H3,(H,17,18). The predicted molar refractivity (Wildman–Crippen MR) is 79.8 cm³/mol. The third-order valence-electron chi connectivity index (χ3n) is 3.52. The van der Waals surface area contributed by atoms with E-state index in [-0.39, 0.29) is 0 Å². The summed E-state index contributed by atoms with van der Waals surface area (Å²) in [4.78, 5) is 4.59. The second-order valence-electron chi connectivity index (χ2n) is 5.05. The predicted octanol–water partition coefficient (Wildman–Crippen LogP) is 1.82. The molecule has 0 amide bonds. The van der Waals surface area contributed by atoms with E-state index in [1.807, 2.05) is 26.8 Å². The average molecular weight is 275 g/mol. The van der Waals surface area contributed by atoms with Crippen molar-refractivity contribution in [2.24, 2.45) is 10.7 Å². The van der Waals surface area contributed by atoms with Crippen molar-refractivity contribution in [1.82, 2.24) is 5.32 Å². The molecule has 5 nitrogen and oxygen atoms in total. The van der Waals surface area contributed by atoms with E-state index in [0.29, 0.717) is 11.5 Å². The molecule has 3 N–H and O–H groups in total. The molecule has 1 atom stereocenters. The van der Waals surface area contributed by atoms with Crippen molar-refractivity contribution >= 4 is 5.84 Å². The summed E-state index contributed by atoms with van der Waals surface area (Å²) < 4.78 is 10.9. The first-order valence-corrected chi connectivity index (χ1v) is 6.44. The third kappa shape index (κ3) is 2.36. The lowest BCUT2D eigenvalue weighted by Crippen LogP contribution is -2.41. The molecule has 2 rings (SSSR count). The lowest BCUT2D eigenvalue weighted by Gasteiger charge is -2.30. The van der Waals surface area contributed by atoms with E-state index in [1.165, 1.54) is 0 Å². The number of ether oxygens (including phenoxy) is 2. The van der Waals surface area contributed by atoms with Crippen LogP contribution < -0.4 is 15.8 Å². The number of aliphatic imine (C=N–C) groups is 1. The van der Waals surface area contributed by atoms with E-state index >= 15 is 0 Å². The van der Waals surface area contributed by atoms with Gasteiger partial charge < -0.3 is 20.5 Å². The first kappa shape index (κ1) is 14.4. The summed E-state index contributed by atoms with van der Waals surface area (Å²) in [6.07, 6.45) is 1.71. The lowest BCUT2D eigenvalue weighted by molar-refractivity contribution is 0.0432. The summed E-state index contributed by atoms with van der Waals surface area (Å²) in [6.45, 7) is 5.89. The molecule has 1 unspecified atom stereocenters. The van der Waals surface area contributed by atoms with Crippen molar-refractivity contribution in [2.75, 3.05) is 14.2 Å². The van der Waals surface area contributed by atoms with Crippen LogP contribution in [0.1, 0.15) is 23.6 Å². The van der Waals surface area contributed by atoms with Gasteiger partial charge in [-0.05, 0) is 38.0 Å². The van der Waals surface area contributed by atoms with Crippen LogP contribution in [-0.2, 0) is 4.74 Å². The highest BCUT2D eigenvalue weighted by Crippen LogP contribution is 2.28. The second-order valence-corrected chi connectivity index (χ2v) is 5.05. The van der Waals surface area contributed by atoms with Gasteiger partial charge in [-0.25, -0.2) is 4.99 Å². The fourth-order valence-corrected chi connectivity index (χ4v) is 2.27. The Morgan fingerprint density at radius 2 is 1.95 bits per heavy atom. The minimum absolute atomic E-state index is 0.535. The average Bonchev–Trinajstić information content (AvgIpc) is 2.41. The van der Waals surface area contributed by atoms with Gasteiger partial charge in [0.05, 0.1) is 18.4 Å². The molecule has 108 valence electrons. The molecule has 1 aromatic carbocycles. The largest absolute Gasteiger partial charge is 0.496 e. The van der Waals surface area contributed by atoms with Gasteiger partial charge in [0, 0.05) is 13.3 Å². The van der Waals surface area contributed by atoms with Gasteiger partial charge in [0.2, 0.25) is 0 Å². The lowest BCUT2D eigenvalue weighted by atomic mass is 10.0. The van der Waals surface area contributed by atoms with E-state index in [2.05, 4.69) is 16.4 Å². The number of nitrogens with zero attached hydrogens (tertiary/aromatic N) is 1. The summed E-state index contributed by atoms with van der Waals surface area (Å²) in [6, 6.07) is 4.08. The van der Waals surface area contributed by atoms with Crippen LogP contribution >= 0.6 is 0 Å². The number of rotatable bonds is 3. The zero-order chi connectivity index (χ0) is 14.9. The first-order valence-electron chi connectivity index (χ1n) is 6.44. The highest BCUT2D eigenvalue weighted by atomic mass is 16.5. The fraction of sp³-hybridized carbons (Fsp3) is 0.400. The van der Waals surface area contributed by atoms with Crippen molar-refractivity contribution in [2.45, 2.75) is 26.5 Å². The quantitative estimate of drug-likeness (QED) is 0.883. The zero-order valence-electron chi connectivity index (χ0n) is 12.6. The van der Waals surface area contributed by atoms with Crippen molar-refractivity contribution in [1.29, 1.82) is 0 Å². The summed E-state index contributed by atoms with van der Waals surface area (Å²) in [5.74, 6) is 1.47. The van der Waals surface area contributed by atoms with Crippen molar-refractivity contribution in [3.63, 3.8) is 0 Å². The van der Waals surface area contributed by atoms with Crippen molar-refractivity contribution < 1.29 is 9.47 Å². The molecule has 0 spiro atoms. The van der Waals surface area contributed by atoms with Crippen LogP contribution in [0.25, 0.3) is 0 Å². The van der Waals surface area contributed by atoms with Crippen LogP contribution in [0.4, 0.5) is 0 Å². The molecular formula is C15H21N3O2. The van der Waals surface area contributed by atoms with E-state index in [0.717, 1.165) is 22.4 Å². The Morgan fingerprint density at radius 1 is 1.25 bits per heavy atom. The van der Waals surface area contributed by atoms with Gasteiger partial charge in [-0.1, -0.05) is 6.07 Å². The maximum atomic E-state index is 5.93. The maximum Gasteiger partial charge on any atom is 0.199 e. The van der Waals surface area contributed by atoms with Crippen molar-refractivity contribution in [3.8, 4) is 5.75 Å². The Labute approximate surface area is 119 Å². The number of benzene rings is 1. The molecule has 0 saturated heterocycles. The number of hydrogen-bond acceptors (Lipinski definition) is 5. The highest BCUT2D eigenvalue weighted by Gasteiger charge is 2.31. The van der Waals surface area contributed by atoms with E-state index in [1.54, 1.807) is 20.4 Å². The summed E-state index contributed by atoms with van der Waals surface area (Å²) in [7, 11) is 3.24. The molecule has 0 aromatic heterocycles. The molecule has 0 saturated carbocycles. The molecule has 0 radical (unpaired) electrons. The highest BCUT2D eigenvalue weighted by molar-refractivity contribution is 6.04. The molecule has 0 fully saturated rings. The van der Waals surface area contributed by atoms with E-state index in [4.69, 9.17) is 15.2 Å². The summed E-state index contributed by atoms with van der Waals surface area (Å²) in [5.41, 5.74) is 8.76. The van der Waals surface area contributed by atoms with Crippen LogP contribution in [-0.4, -0.2) is 25.8 Å². The number of amidine groups is 1. The SMILES string of the molecule is COc1cc(C)cc(C)c1C1=NC(C)(OC)C(N)=CN1. The molecular weight excluding hydrogens is 254 g/mol. The van der Waals surface area contributed by atoms with Crippen LogP contribution in [0.15, 0.2) is 29.0 Å². The number of methoxy groups -OCH3 is 2. The first-order chi connectivity index (χ1) is 9.41. The smallest absolute Gasteiger partial charge is 0.199 e. The maximum absolute atomic E-state index is 5.93. The van der Waals surface area contributed by atoms with E-state index in [9.17, 15) is 0 Å². The third-order valence-corrected chi connectivity index (χ3v) is 3.52. The topological polar surface area (TPSA) is 68.9 Å². The van der Waals surface area contributed by atoms with Crippen LogP contribution in [0.5, 0.6) is 5.75 Å². The Morgan fingerprint density at radius 3 is 2.55 bits per heavy atom. The van der Waals surface area contributed by atoms with Gasteiger partial charge in [-0.2, -0.15) is 0 Å². The molecule has 5 heteroatoms. The Bertz CT molecular complexity index is 593. The van der Waals surface area contributed by atoms with Gasteiger partial charge in [0.25, 0.3) is 0 Å². The zero-order valence-corrected chi connectivity index (χ0v) is 12.6. The number of nitrogens with one attached hydrogen (secondary N) is 1. The Hall–Kier alpha value is -2.01. The number of nitrogens with two attached hydrogens (primary N) is 1. The van der Waals surface area contributed by atoms with Gasteiger partial charge in [0.15, 0.2) is 5.72 Å². The van der Waals surface area contributed by atoms with Crippen LogP contribution in [0.2, 0.25) is 0 Å². The minimum atomic E-state index is -0.858. The Kier molecular flexibility index (Phi) is 3.72. The molecule has 20 heavy (non-hydrogen) atoms. The fourth-order valence-electron chi connectivity index (χ4n) is 2.27. The molecule has 0 aliphatic carbocycles. The molecule has 1 heterocycles. The summed E-state index contributed by atoms with van der Waals surface area (Å²) in [5, 5.41) is 3.11. The monoisotopic (exact) mass is 275 g/mol. The number of aryl methyl sites for hydroxylation is 2. The minimum Gasteiger partial charge on any atom is -0.496 e. The molecule has 1 aromatic rings. The second kappa shape index (κ2) is 5.17. The van der Waals surface area contributed by atoms with Gasteiger partial charge in [0.1, 0.15) is 11.6 Å². The molecule has 1 aliphatic rings. The summed E-state index contributed by atoms with van der Waals surface area (Å²) >= 11 is 0. The van der Waals surface area contributed by atoms with Crippen LogP contribution in [0.3, 0.4) is 0 Å². The van der Waals surface area contributed by atoms with Gasteiger partial charge in [-0.3, -0.25) is 0 Å².